The molecule has 0 fully saturated rings. The van der Waals surface area contributed by atoms with Gasteiger partial charge in [-0.05, 0) is 13.3 Å². The number of hydrogen-bond donors (Lipinski definition) is 0. The van der Waals surface area contributed by atoms with Crippen LogP contribution in [0, 0.1) is 6.92 Å². The molecule has 0 spiro atoms. The third-order valence-electron chi connectivity index (χ3n) is 0.659. The van der Waals surface area contributed by atoms with Crippen LogP contribution in [-0.4, -0.2) is 20.0 Å². The Bertz CT molecular complexity index is 31.5. The van der Waals surface area contributed by atoms with Gasteiger partial charge in [0.2, 0.25) is 0 Å². The lowest BCUT2D eigenvalue weighted by atomic mass is 10.5. The lowest BCUT2D eigenvalue weighted by Crippen LogP contribution is -1.99. The first-order valence-corrected chi connectivity index (χ1v) is 2.86. The molecule has 0 unspecified atom stereocenters. The second-order valence-corrected chi connectivity index (χ2v) is 1.37. The number of rotatable bonds is 5. The van der Waals surface area contributed by atoms with E-state index < -0.39 is 0 Å². The predicted molar refractivity (Wildman–Crippen MR) is 32.4 cm³/mol. The monoisotopic (exact) mass is 117 g/mol. The zero-order valence-corrected chi connectivity index (χ0v) is 5.35. The molecule has 0 aliphatic rings. The molecule has 0 atom stereocenters. The molecule has 0 rings (SSSR count). The van der Waals surface area contributed by atoms with Gasteiger partial charge in [-0.1, -0.05) is 6.92 Å². The molecule has 0 saturated carbocycles. The third kappa shape index (κ3) is 5.92. The van der Waals surface area contributed by atoms with Crippen molar-refractivity contribution in [3.63, 3.8) is 0 Å². The van der Waals surface area contributed by atoms with Gasteiger partial charge in [0, 0.05) is 13.2 Å². The van der Waals surface area contributed by atoms with Gasteiger partial charge in [0.05, 0.1) is 0 Å². The van der Waals surface area contributed by atoms with Crippen LogP contribution >= 0.6 is 0 Å². The summed E-state index contributed by atoms with van der Waals surface area (Å²) in [6.07, 6.45) is 0.813. The van der Waals surface area contributed by atoms with E-state index in [1.54, 1.807) is 0 Å². The standard InChI is InChI=1S/C6H13O2/c1-3-5-8-6-7-4-2/h1,3-6H2,2H3. The van der Waals surface area contributed by atoms with Crippen molar-refractivity contribution in [2.24, 2.45) is 0 Å². The Balaban J connectivity index is 2.53. The molecular weight excluding hydrogens is 104 g/mol. The Morgan fingerprint density at radius 2 is 2.12 bits per heavy atom. The van der Waals surface area contributed by atoms with Crippen LogP contribution in [0.15, 0.2) is 0 Å². The number of hydrogen-bond acceptors (Lipinski definition) is 2. The van der Waals surface area contributed by atoms with Crippen molar-refractivity contribution >= 4 is 0 Å². The molecule has 49 valence electrons. The van der Waals surface area contributed by atoms with Crippen molar-refractivity contribution in [3.8, 4) is 0 Å². The van der Waals surface area contributed by atoms with Crippen molar-refractivity contribution in [1.82, 2.24) is 0 Å². The van der Waals surface area contributed by atoms with E-state index in [2.05, 4.69) is 6.92 Å². The fourth-order valence-corrected chi connectivity index (χ4v) is 0.303. The second kappa shape index (κ2) is 6.92. The summed E-state index contributed by atoms with van der Waals surface area (Å²) < 4.78 is 9.82. The molecule has 0 aromatic carbocycles. The molecule has 1 radical (unpaired) electrons. The molecule has 0 aliphatic heterocycles. The fourth-order valence-electron chi connectivity index (χ4n) is 0.303. The molecule has 2 heteroatoms. The van der Waals surface area contributed by atoms with E-state index in [1.165, 1.54) is 0 Å². The first-order valence-electron chi connectivity index (χ1n) is 2.86. The van der Waals surface area contributed by atoms with Gasteiger partial charge in [0.15, 0.2) is 0 Å². The highest BCUT2D eigenvalue weighted by molar-refractivity contribution is 4.32. The maximum Gasteiger partial charge on any atom is 0.146 e. The zero-order valence-electron chi connectivity index (χ0n) is 5.35. The van der Waals surface area contributed by atoms with E-state index in [9.17, 15) is 0 Å². The first-order chi connectivity index (χ1) is 3.91. The lowest BCUT2D eigenvalue weighted by Gasteiger charge is -1.99. The summed E-state index contributed by atoms with van der Waals surface area (Å²) in [6, 6.07) is 0. The molecular formula is C6H13O2. The molecule has 0 aromatic heterocycles. The van der Waals surface area contributed by atoms with E-state index in [4.69, 9.17) is 9.47 Å². The minimum atomic E-state index is 0.409. The van der Waals surface area contributed by atoms with Crippen molar-refractivity contribution in [2.45, 2.75) is 13.3 Å². The van der Waals surface area contributed by atoms with Gasteiger partial charge in [-0.2, -0.15) is 0 Å². The smallest absolute Gasteiger partial charge is 0.146 e. The molecule has 0 aliphatic carbocycles. The Hall–Kier alpha value is -0.0800. The Labute approximate surface area is 50.8 Å². The topological polar surface area (TPSA) is 18.5 Å². The maximum atomic E-state index is 4.94. The lowest BCUT2D eigenvalue weighted by molar-refractivity contribution is -0.0477. The third-order valence-corrected chi connectivity index (χ3v) is 0.659. The molecule has 0 heterocycles. The summed E-state index contributed by atoms with van der Waals surface area (Å²) in [5, 5.41) is 0. The van der Waals surface area contributed by atoms with E-state index in [0.29, 0.717) is 13.4 Å². The van der Waals surface area contributed by atoms with Gasteiger partial charge in [-0.15, -0.1) is 0 Å². The molecule has 0 N–H and O–H groups in total. The first kappa shape index (κ1) is 7.92. The minimum absolute atomic E-state index is 0.409. The zero-order chi connectivity index (χ0) is 6.24. The van der Waals surface area contributed by atoms with Gasteiger partial charge in [-0.25, -0.2) is 0 Å². The largest absolute Gasteiger partial charge is 0.356 e. The van der Waals surface area contributed by atoms with Crippen LogP contribution in [0.4, 0.5) is 0 Å². The summed E-state index contributed by atoms with van der Waals surface area (Å²) in [7, 11) is 0. The molecule has 0 aromatic rings. The summed E-state index contributed by atoms with van der Waals surface area (Å²) in [5.41, 5.74) is 0. The average molecular weight is 117 g/mol. The van der Waals surface area contributed by atoms with Crippen LogP contribution in [0.25, 0.3) is 0 Å². The Morgan fingerprint density at radius 1 is 1.38 bits per heavy atom. The Kier molecular flexibility index (Phi) is 6.85. The van der Waals surface area contributed by atoms with E-state index in [1.807, 2.05) is 6.92 Å². The summed E-state index contributed by atoms with van der Waals surface area (Å²) >= 11 is 0. The normalized spacial score (nSPS) is 9.75. The molecule has 0 amide bonds. The van der Waals surface area contributed by atoms with E-state index in [-0.39, 0.29) is 0 Å². The summed E-state index contributed by atoms with van der Waals surface area (Å²) in [4.78, 5) is 0. The number of ether oxygens (including phenoxy) is 2. The quantitative estimate of drug-likeness (QED) is 0.398. The highest BCUT2D eigenvalue weighted by atomic mass is 16.7. The molecule has 2 nitrogen and oxygen atoms in total. The van der Waals surface area contributed by atoms with Crippen LogP contribution in [0.5, 0.6) is 0 Å². The van der Waals surface area contributed by atoms with E-state index in [0.717, 1.165) is 13.0 Å². The van der Waals surface area contributed by atoms with Gasteiger partial charge in [0.25, 0.3) is 0 Å². The summed E-state index contributed by atoms with van der Waals surface area (Å²) in [6.45, 7) is 7.36. The van der Waals surface area contributed by atoms with Gasteiger partial charge in [-0.3, -0.25) is 0 Å². The van der Waals surface area contributed by atoms with Gasteiger partial charge in [0.1, 0.15) is 6.79 Å². The summed E-state index contributed by atoms with van der Waals surface area (Å²) in [5.74, 6) is 0. The van der Waals surface area contributed by atoms with E-state index >= 15 is 0 Å². The fraction of sp³-hybridized carbons (Fsp3) is 0.833. The second-order valence-electron chi connectivity index (χ2n) is 1.37. The van der Waals surface area contributed by atoms with Crippen molar-refractivity contribution in [2.75, 3.05) is 20.0 Å². The minimum Gasteiger partial charge on any atom is -0.356 e. The van der Waals surface area contributed by atoms with Crippen molar-refractivity contribution in [3.05, 3.63) is 6.92 Å². The average Bonchev–Trinajstić information content (AvgIpc) is 1.81. The SMILES string of the molecule is [CH2]CCOCOCC. The van der Waals surface area contributed by atoms with Gasteiger partial charge >= 0.3 is 0 Å². The van der Waals surface area contributed by atoms with Crippen LogP contribution < -0.4 is 0 Å². The van der Waals surface area contributed by atoms with Crippen LogP contribution in [0.3, 0.4) is 0 Å². The van der Waals surface area contributed by atoms with Gasteiger partial charge < -0.3 is 9.47 Å². The molecule has 0 saturated heterocycles. The van der Waals surface area contributed by atoms with Crippen molar-refractivity contribution < 1.29 is 9.47 Å². The van der Waals surface area contributed by atoms with Crippen LogP contribution in [0.1, 0.15) is 13.3 Å². The van der Waals surface area contributed by atoms with Crippen LogP contribution in [-0.2, 0) is 9.47 Å². The predicted octanol–water partition coefficient (Wildman–Crippen LogP) is 1.22. The maximum absolute atomic E-state index is 4.94. The Morgan fingerprint density at radius 3 is 2.62 bits per heavy atom. The molecule has 0 bridgehead atoms. The van der Waals surface area contributed by atoms with Crippen molar-refractivity contribution in [1.29, 1.82) is 0 Å². The van der Waals surface area contributed by atoms with Crippen LogP contribution in [0.2, 0.25) is 0 Å². The highest BCUT2D eigenvalue weighted by Crippen LogP contribution is 1.79. The molecule has 8 heavy (non-hydrogen) atoms. The highest BCUT2D eigenvalue weighted by Gasteiger charge is 1.80.